The summed E-state index contributed by atoms with van der Waals surface area (Å²) < 4.78 is 21.7. The minimum Gasteiger partial charge on any atom is -0.379 e. The number of aromatic nitrogens is 2. The smallest absolute Gasteiger partial charge is 0.229 e. The number of nitrogens with zero attached hydrogens (tertiary/aromatic N) is 4. The van der Waals surface area contributed by atoms with Crippen LogP contribution >= 0.6 is 11.3 Å². The predicted molar refractivity (Wildman–Crippen MR) is 156 cm³/mol. The van der Waals surface area contributed by atoms with Crippen LogP contribution in [0.5, 0.6) is 0 Å². The van der Waals surface area contributed by atoms with Crippen molar-refractivity contribution in [2.75, 3.05) is 54.9 Å². The van der Waals surface area contributed by atoms with E-state index >= 15 is 4.39 Å². The van der Waals surface area contributed by atoms with Gasteiger partial charge in [-0.2, -0.15) is 4.98 Å². The molecule has 2 aliphatic carbocycles. The Morgan fingerprint density at radius 2 is 1.88 bits per heavy atom. The van der Waals surface area contributed by atoms with Crippen LogP contribution in [-0.4, -0.2) is 72.3 Å². The quantitative estimate of drug-likeness (QED) is 0.371. The number of hydrogen-bond acceptors (Lipinski definition) is 9. The number of rotatable bonds is 7. The summed E-state index contributed by atoms with van der Waals surface area (Å²) >= 11 is 1.55. The van der Waals surface area contributed by atoms with E-state index in [0.29, 0.717) is 29.2 Å². The number of benzene rings is 1. The van der Waals surface area contributed by atoms with Gasteiger partial charge in [0.25, 0.3) is 0 Å². The number of ether oxygens (including phenoxy) is 1. The van der Waals surface area contributed by atoms with Gasteiger partial charge >= 0.3 is 0 Å². The number of anilines is 4. The van der Waals surface area contributed by atoms with Crippen LogP contribution in [0.25, 0.3) is 10.2 Å². The van der Waals surface area contributed by atoms with Crippen molar-refractivity contribution in [3.05, 3.63) is 47.6 Å². The molecule has 2 aliphatic heterocycles. The Morgan fingerprint density at radius 1 is 1.07 bits per heavy atom. The molecule has 3 aromatic rings. The number of halogens is 1. The van der Waals surface area contributed by atoms with Crippen molar-refractivity contribution in [3.63, 3.8) is 0 Å². The van der Waals surface area contributed by atoms with E-state index in [9.17, 15) is 4.79 Å². The SMILES string of the molecule is NC(=O)C1C(Nc2nc(Nc3ccc(N4CCC(N5CCOCC5)CC4)c(F)c3)nc3ccsc23)C2C=C[C@H]1C2. The Labute approximate surface area is 236 Å². The first kappa shape index (κ1) is 25.7. The topological polar surface area (TPSA) is 109 Å². The van der Waals surface area contributed by atoms with Gasteiger partial charge in [-0.1, -0.05) is 12.2 Å². The molecule has 9 nitrogen and oxygen atoms in total. The van der Waals surface area contributed by atoms with Crippen molar-refractivity contribution in [3.8, 4) is 0 Å². The molecule has 11 heteroatoms. The second-order valence-corrected chi connectivity index (χ2v) is 12.2. The number of thiophene rings is 1. The van der Waals surface area contributed by atoms with E-state index in [1.54, 1.807) is 11.3 Å². The lowest BCUT2D eigenvalue weighted by Crippen LogP contribution is -2.49. The van der Waals surface area contributed by atoms with Gasteiger partial charge < -0.3 is 26.0 Å². The molecule has 3 fully saturated rings. The number of allylic oxidation sites excluding steroid dienone is 1. The summed E-state index contributed by atoms with van der Waals surface area (Å²) in [4.78, 5) is 26.3. The average Bonchev–Trinajstić information content (AvgIpc) is 3.71. The van der Waals surface area contributed by atoms with E-state index < -0.39 is 0 Å². The number of nitrogens with one attached hydrogen (secondary N) is 2. The molecule has 1 aromatic carbocycles. The summed E-state index contributed by atoms with van der Waals surface area (Å²) in [5.74, 6) is 0.639. The Morgan fingerprint density at radius 3 is 2.65 bits per heavy atom. The molecule has 7 rings (SSSR count). The van der Waals surface area contributed by atoms with Crippen LogP contribution in [0.15, 0.2) is 41.8 Å². The maximum atomic E-state index is 15.3. The number of nitrogens with two attached hydrogens (primary N) is 1. The minimum atomic E-state index is -0.287. The van der Waals surface area contributed by atoms with Crippen LogP contribution < -0.4 is 21.3 Å². The highest BCUT2D eigenvalue weighted by Gasteiger charge is 2.47. The van der Waals surface area contributed by atoms with E-state index in [1.807, 2.05) is 23.6 Å². The Balaban J connectivity index is 1.06. The van der Waals surface area contributed by atoms with Crippen LogP contribution in [-0.2, 0) is 9.53 Å². The number of amides is 1. The van der Waals surface area contributed by atoms with Crippen LogP contribution in [0.4, 0.5) is 27.5 Å². The van der Waals surface area contributed by atoms with Gasteiger partial charge in [-0.25, -0.2) is 9.37 Å². The fourth-order valence-electron chi connectivity index (χ4n) is 6.97. The first-order valence-corrected chi connectivity index (χ1v) is 15.0. The monoisotopic (exact) mass is 563 g/mol. The van der Waals surface area contributed by atoms with Crippen molar-refractivity contribution in [2.45, 2.75) is 31.3 Å². The zero-order chi connectivity index (χ0) is 27.2. The van der Waals surface area contributed by atoms with Crippen LogP contribution in [0.1, 0.15) is 19.3 Å². The van der Waals surface area contributed by atoms with E-state index in [-0.39, 0.29) is 35.5 Å². The zero-order valence-corrected chi connectivity index (χ0v) is 23.1. The Bertz CT molecular complexity index is 1430. The molecule has 1 amide bonds. The highest BCUT2D eigenvalue weighted by Crippen LogP contribution is 2.45. The summed E-state index contributed by atoms with van der Waals surface area (Å²) in [6.45, 7) is 5.25. The molecular weight excluding hydrogens is 529 g/mol. The maximum Gasteiger partial charge on any atom is 0.229 e. The first-order chi connectivity index (χ1) is 19.5. The molecule has 210 valence electrons. The van der Waals surface area contributed by atoms with E-state index in [4.69, 9.17) is 15.5 Å². The van der Waals surface area contributed by atoms with Gasteiger partial charge in [-0.3, -0.25) is 9.69 Å². The molecular formula is C29H34FN7O2S. The van der Waals surface area contributed by atoms with E-state index in [0.717, 1.165) is 68.9 Å². The van der Waals surface area contributed by atoms with Gasteiger partial charge in [0.1, 0.15) is 11.6 Å². The van der Waals surface area contributed by atoms with Crippen LogP contribution in [0.2, 0.25) is 0 Å². The van der Waals surface area contributed by atoms with Crippen molar-refractivity contribution in [1.82, 2.24) is 14.9 Å². The summed E-state index contributed by atoms with van der Waals surface area (Å²) in [6, 6.07) is 7.61. The molecule has 40 heavy (non-hydrogen) atoms. The lowest BCUT2D eigenvalue weighted by atomic mass is 9.88. The number of carbonyl (C=O) groups is 1. The number of hydrogen-bond donors (Lipinski definition) is 3. The van der Waals surface area contributed by atoms with Crippen molar-refractivity contribution < 1.29 is 13.9 Å². The molecule has 4 heterocycles. The minimum absolute atomic E-state index is 0.107. The molecule has 2 saturated heterocycles. The summed E-state index contributed by atoms with van der Waals surface area (Å²) in [6.07, 6.45) is 7.25. The van der Waals surface area contributed by atoms with Gasteiger partial charge in [-0.05, 0) is 60.7 Å². The molecule has 1 saturated carbocycles. The van der Waals surface area contributed by atoms with Gasteiger partial charge in [-0.15, -0.1) is 11.3 Å². The van der Waals surface area contributed by atoms with Gasteiger partial charge in [0, 0.05) is 44.0 Å². The third-order valence-corrected chi connectivity index (χ3v) is 9.88. The number of carbonyl (C=O) groups excluding carboxylic acids is 1. The summed E-state index contributed by atoms with van der Waals surface area (Å²) in [5, 5.41) is 8.70. The number of primary amides is 1. The highest BCUT2D eigenvalue weighted by molar-refractivity contribution is 7.17. The molecule has 2 aromatic heterocycles. The first-order valence-electron chi connectivity index (χ1n) is 14.2. The third-order valence-electron chi connectivity index (χ3n) is 8.97. The molecule has 2 bridgehead atoms. The summed E-state index contributed by atoms with van der Waals surface area (Å²) in [5.41, 5.74) is 7.78. The van der Waals surface area contributed by atoms with Gasteiger partial charge in [0.2, 0.25) is 11.9 Å². The number of fused-ring (bicyclic) bond motifs is 3. The normalized spacial score (nSPS) is 27.0. The molecule has 0 spiro atoms. The second-order valence-electron chi connectivity index (χ2n) is 11.2. The molecule has 3 unspecified atom stereocenters. The van der Waals surface area contributed by atoms with E-state index in [2.05, 4.69) is 37.6 Å². The Kier molecular flexibility index (Phi) is 6.81. The summed E-state index contributed by atoms with van der Waals surface area (Å²) in [7, 11) is 0. The van der Waals surface area contributed by atoms with Gasteiger partial charge in [0.15, 0.2) is 0 Å². The standard InChI is InChI=1S/C29H34FN7O2S/c30-21-16-19(3-4-23(21)37-8-5-20(6-9-37)36-10-12-39-13-11-36)32-29-33-22-7-14-40-26(22)28(35-29)34-25-18-2-1-17(15-18)24(25)27(31)38/h1-4,7,14,16-18,20,24-25H,5-6,8-13,15H2,(H2,31,38)(H2,32,33,34,35)/t17-,18?,24?,25?/m0/s1. The Hall–Kier alpha value is -3.28. The number of morpholine rings is 1. The van der Waals surface area contributed by atoms with Crippen molar-refractivity contribution in [1.29, 1.82) is 0 Å². The predicted octanol–water partition coefficient (Wildman–Crippen LogP) is 3.96. The maximum absolute atomic E-state index is 15.3. The fraction of sp³-hybridized carbons (Fsp3) is 0.483. The lowest BCUT2D eigenvalue weighted by molar-refractivity contribution is -0.122. The average molecular weight is 564 g/mol. The van der Waals surface area contributed by atoms with Crippen molar-refractivity contribution in [2.24, 2.45) is 23.5 Å². The molecule has 0 radical (unpaired) electrons. The highest BCUT2D eigenvalue weighted by atomic mass is 32.1. The lowest BCUT2D eigenvalue weighted by Gasteiger charge is -2.40. The van der Waals surface area contributed by atoms with Crippen LogP contribution in [0.3, 0.4) is 0 Å². The molecule has 4 atom stereocenters. The van der Waals surface area contributed by atoms with Crippen LogP contribution in [0, 0.1) is 23.6 Å². The molecule has 4 aliphatic rings. The fourth-order valence-corrected chi connectivity index (χ4v) is 7.75. The zero-order valence-electron chi connectivity index (χ0n) is 22.3. The number of piperidine rings is 1. The van der Waals surface area contributed by atoms with Gasteiger partial charge in [0.05, 0.1) is 35.0 Å². The van der Waals surface area contributed by atoms with Crippen molar-refractivity contribution >= 4 is 50.6 Å². The van der Waals surface area contributed by atoms with E-state index in [1.165, 1.54) is 6.07 Å². The molecule has 4 N–H and O–H groups in total. The third kappa shape index (κ3) is 4.80. The second kappa shape index (κ2) is 10.6. The largest absolute Gasteiger partial charge is 0.379 e.